The van der Waals surface area contributed by atoms with Gasteiger partial charge < -0.3 is 14.8 Å². The van der Waals surface area contributed by atoms with E-state index < -0.39 is 5.91 Å². The third kappa shape index (κ3) is 4.00. The fourth-order valence-corrected chi connectivity index (χ4v) is 2.20. The van der Waals surface area contributed by atoms with Gasteiger partial charge >= 0.3 is 0 Å². The van der Waals surface area contributed by atoms with Crippen molar-refractivity contribution in [3.63, 3.8) is 0 Å². The Labute approximate surface area is 145 Å². The predicted octanol–water partition coefficient (Wildman–Crippen LogP) is 2.70. The lowest BCUT2D eigenvalue weighted by Gasteiger charge is -2.13. The van der Waals surface area contributed by atoms with Gasteiger partial charge in [0.1, 0.15) is 17.6 Å². The van der Waals surface area contributed by atoms with E-state index in [4.69, 9.17) is 27.0 Å². The average molecular weight is 341 g/mol. The molecule has 0 atom stereocenters. The van der Waals surface area contributed by atoms with Gasteiger partial charge in [0.25, 0.3) is 5.91 Å². The molecular formula is C17H15N3O3S. The molecule has 0 aromatic heterocycles. The van der Waals surface area contributed by atoms with Crippen molar-refractivity contribution in [3.05, 3.63) is 53.6 Å². The first-order valence-corrected chi connectivity index (χ1v) is 7.33. The summed E-state index contributed by atoms with van der Waals surface area (Å²) < 4.78 is 10.3. The van der Waals surface area contributed by atoms with Gasteiger partial charge in [0.15, 0.2) is 5.11 Å². The molecule has 2 aromatic carbocycles. The fourth-order valence-electron chi connectivity index (χ4n) is 2.00. The van der Waals surface area contributed by atoms with Crippen LogP contribution in [0.25, 0.3) is 0 Å². The van der Waals surface area contributed by atoms with Gasteiger partial charge in [-0.2, -0.15) is 5.26 Å². The first-order valence-electron chi connectivity index (χ1n) is 6.92. The number of nitriles is 1. The number of carbonyl (C=O) groups excluding carboxylic acids is 1. The minimum absolute atomic E-state index is 0.0839. The van der Waals surface area contributed by atoms with Crippen molar-refractivity contribution in [2.75, 3.05) is 19.5 Å². The molecule has 0 spiro atoms. The lowest BCUT2D eigenvalue weighted by Crippen LogP contribution is -2.34. The predicted molar refractivity (Wildman–Crippen MR) is 94.4 cm³/mol. The number of methoxy groups -OCH3 is 2. The molecule has 2 aromatic rings. The van der Waals surface area contributed by atoms with E-state index in [2.05, 4.69) is 10.6 Å². The van der Waals surface area contributed by atoms with E-state index in [0.717, 1.165) is 0 Å². The van der Waals surface area contributed by atoms with Gasteiger partial charge in [-0.1, -0.05) is 12.1 Å². The number of benzene rings is 2. The minimum Gasteiger partial charge on any atom is -0.497 e. The Morgan fingerprint density at radius 3 is 2.58 bits per heavy atom. The summed E-state index contributed by atoms with van der Waals surface area (Å²) in [6.07, 6.45) is 0. The Morgan fingerprint density at radius 1 is 1.17 bits per heavy atom. The first-order chi connectivity index (χ1) is 11.6. The zero-order valence-electron chi connectivity index (χ0n) is 13.1. The van der Waals surface area contributed by atoms with Gasteiger partial charge in [-0.05, 0) is 36.5 Å². The molecule has 0 aliphatic heterocycles. The minimum atomic E-state index is -0.429. The molecule has 2 rings (SSSR count). The van der Waals surface area contributed by atoms with Crippen molar-refractivity contribution >= 4 is 28.9 Å². The van der Waals surface area contributed by atoms with Gasteiger partial charge in [0, 0.05) is 6.07 Å². The van der Waals surface area contributed by atoms with Crippen LogP contribution in [-0.2, 0) is 0 Å². The molecule has 0 bridgehead atoms. The molecule has 6 nitrogen and oxygen atoms in total. The van der Waals surface area contributed by atoms with Crippen LogP contribution in [0.15, 0.2) is 42.5 Å². The monoisotopic (exact) mass is 341 g/mol. The number of para-hydroxylation sites is 1. The Balaban J connectivity index is 2.12. The average Bonchev–Trinajstić information content (AvgIpc) is 2.61. The van der Waals surface area contributed by atoms with Gasteiger partial charge in [-0.25, -0.2) is 0 Å². The van der Waals surface area contributed by atoms with E-state index in [-0.39, 0.29) is 5.11 Å². The Kier molecular flexibility index (Phi) is 5.71. The maximum Gasteiger partial charge on any atom is 0.261 e. The number of carbonyl (C=O) groups is 1. The Hall–Kier alpha value is -3.11. The van der Waals surface area contributed by atoms with E-state index >= 15 is 0 Å². The molecule has 7 heteroatoms. The van der Waals surface area contributed by atoms with Crippen molar-refractivity contribution in [3.8, 4) is 17.6 Å². The number of anilines is 1. The smallest absolute Gasteiger partial charge is 0.261 e. The number of ether oxygens (including phenoxy) is 2. The van der Waals surface area contributed by atoms with E-state index in [0.29, 0.717) is 28.3 Å². The van der Waals surface area contributed by atoms with Crippen LogP contribution in [-0.4, -0.2) is 25.2 Å². The molecule has 0 aliphatic carbocycles. The third-order valence-electron chi connectivity index (χ3n) is 3.18. The number of hydrogen-bond donors (Lipinski definition) is 2. The summed E-state index contributed by atoms with van der Waals surface area (Å²) in [6, 6.07) is 13.7. The van der Waals surface area contributed by atoms with Crippen LogP contribution >= 0.6 is 12.2 Å². The van der Waals surface area contributed by atoms with Crippen molar-refractivity contribution in [1.82, 2.24) is 5.32 Å². The normalized spacial score (nSPS) is 9.54. The molecule has 0 saturated carbocycles. The van der Waals surface area contributed by atoms with Crippen LogP contribution in [0.5, 0.6) is 11.5 Å². The molecule has 0 heterocycles. The number of nitrogens with zero attached hydrogens (tertiary/aromatic N) is 1. The zero-order valence-corrected chi connectivity index (χ0v) is 13.9. The molecule has 0 radical (unpaired) electrons. The van der Waals surface area contributed by atoms with Crippen LogP contribution in [0.1, 0.15) is 15.9 Å². The molecule has 2 N–H and O–H groups in total. The van der Waals surface area contributed by atoms with Crippen LogP contribution in [0.4, 0.5) is 5.69 Å². The summed E-state index contributed by atoms with van der Waals surface area (Å²) >= 11 is 5.13. The van der Waals surface area contributed by atoms with Crippen molar-refractivity contribution < 1.29 is 14.3 Å². The molecule has 0 aliphatic rings. The highest BCUT2D eigenvalue weighted by molar-refractivity contribution is 7.80. The topological polar surface area (TPSA) is 83.4 Å². The van der Waals surface area contributed by atoms with Crippen LogP contribution < -0.4 is 20.1 Å². The van der Waals surface area contributed by atoms with Crippen molar-refractivity contribution in [2.24, 2.45) is 0 Å². The highest BCUT2D eigenvalue weighted by atomic mass is 32.1. The summed E-state index contributed by atoms with van der Waals surface area (Å²) in [7, 11) is 2.99. The van der Waals surface area contributed by atoms with Crippen molar-refractivity contribution in [1.29, 1.82) is 5.26 Å². The van der Waals surface area contributed by atoms with E-state index in [1.54, 1.807) is 42.5 Å². The number of thiocarbonyl (C=S) groups is 1. The van der Waals surface area contributed by atoms with E-state index in [9.17, 15) is 4.79 Å². The molecule has 24 heavy (non-hydrogen) atoms. The van der Waals surface area contributed by atoms with Crippen LogP contribution in [0, 0.1) is 11.3 Å². The summed E-state index contributed by atoms with van der Waals surface area (Å²) in [5, 5.41) is 14.5. The maximum absolute atomic E-state index is 12.4. The van der Waals surface area contributed by atoms with Gasteiger partial charge in [-0.3, -0.25) is 10.1 Å². The zero-order chi connectivity index (χ0) is 17.5. The highest BCUT2D eigenvalue weighted by Gasteiger charge is 2.15. The molecule has 1 amide bonds. The second-order valence-electron chi connectivity index (χ2n) is 4.63. The summed E-state index contributed by atoms with van der Waals surface area (Å²) in [5.41, 5.74) is 1.26. The first kappa shape index (κ1) is 17.2. The second kappa shape index (κ2) is 7.94. The van der Waals surface area contributed by atoms with Gasteiger partial charge in [0.05, 0.1) is 31.0 Å². The maximum atomic E-state index is 12.4. The quantitative estimate of drug-likeness (QED) is 0.832. The molecule has 0 unspecified atom stereocenters. The fraction of sp³-hybridized carbons (Fsp3) is 0.118. The summed E-state index contributed by atoms with van der Waals surface area (Å²) in [6.45, 7) is 0. The van der Waals surface area contributed by atoms with E-state index in [1.807, 2.05) is 6.07 Å². The third-order valence-corrected chi connectivity index (χ3v) is 3.38. The summed E-state index contributed by atoms with van der Waals surface area (Å²) in [5.74, 6) is 0.514. The van der Waals surface area contributed by atoms with Crippen LogP contribution in [0.2, 0.25) is 0 Å². The Bertz CT molecular complexity index is 815. The number of nitrogens with one attached hydrogen (secondary N) is 2. The molecule has 0 saturated heterocycles. The molecule has 122 valence electrons. The highest BCUT2D eigenvalue weighted by Crippen LogP contribution is 2.24. The van der Waals surface area contributed by atoms with Gasteiger partial charge in [-0.15, -0.1) is 0 Å². The molecular weight excluding hydrogens is 326 g/mol. The standard InChI is InChI=1S/C17H15N3O3S/c1-22-12-7-8-13(15(9-12)23-2)16(21)20-17(24)19-14-6-4-3-5-11(14)10-18/h3-9H,1-2H3,(H2,19,20,21,24). The summed E-state index contributed by atoms with van der Waals surface area (Å²) in [4.78, 5) is 12.4. The number of hydrogen-bond acceptors (Lipinski definition) is 5. The number of rotatable bonds is 4. The lowest BCUT2D eigenvalue weighted by molar-refractivity contribution is 0.0974. The Morgan fingerprint density at radius 2 is 1.92 bits per heavy atom. The second-order valence-corrected chi connectivity index (χ2v) is 5.04. The van der Waals surface area contributed by atoms with Crippen LogP contribution in [0.3, 0.4) is 0 Å². The number of amides is 1. The van der Waals surface area contributed by atoms with Crippen molar-refractivity contribution in [2.45, 2.75) is 0 Å². The largest absolute Gasteiger partial charge is 0.497 e. The SMILES string of the molecule is COc1ccc(C(=O)NC(=S)Nc2ccccc2C#N)c(OC)c1. The van der Waals surface area contributed by atoms with E-state index in [1.165, 1.54) is 14.2 Å². The molecule has 0 fully saturated rings. The lowest BCUT2D eigenvalue weighted by atomic mass is 10.1. The van der Waals surface area contributed by atoms with Gasteiger partial charge in [0.2, 0.25) is 0 Å².